The zero-order chi connectivity index (χ0) is 14.2. The quantitative estimate of drug-likeness (QED) is 0.855. The van der Waals surface area contributed by atoms with Crippen molar-refractivity contribution in [1.82, 2.24) is 10.3 Å². The van der Waals surface area contributed by atoms with Gasteiger partial charge in [-0.3, -0.25) is 4.98 Å². The smallest absolute Gasteiger partial charge is 0.0794 e. The molecule has 5 rings (SSSR count). The first-order valence-electron chi connectivity index (χ1n) is 8.94. The Morgan fingerprint density at radius 3 is 2.48 bits per heavy atom. The lowest BCUT2D eigenvalue weighted by Gasteiger charge is -2.56. The second kappa shape index (κ2) is 6.00. The summed E-state index contributed by atoms with van der Waals surface area (Å²) >= 11 is 1.83. The van der Waals surface area contributed by atoms with Crippen LogP contribution >= 0.6 is 11.3 Å². The lowest BCUT2D eigenvalue weighted by molar-refractivity contribution is -0.0515. The lowest BCUT2D eigenvalue weighted by Crippen LogP contribution is -2.53. The maximum absolute atomic E-state index is 4.28. The summed E-state index contributed by atoms with van der Waals surface area (Å²) in [7, 11) is 0. The number of nitrogens with one attached hydrogen (secondary N) is 1. The van der Waals surface area contributed by atoms with Crippen molar-refractivity contribution in [2.75, 3.05) is 6.54 Å². The minimum Gasteiger partial charge on any atom is -0.313 e. The molecule has 0 radical (unpaired) electrons. The number of hydrogen-bond donors (Lipinski definition) is 1. The summed E-state index contributed by atoms with van der Waals surface area (Å²) in [5.41, 5.74) is 1.99. The first-order chi connectivity index (χ1) is 10.3. The molecule has 4 saturated carbocycles. The summed E-state index contributed by atoms with van der Waals surface area (Å²) in [6.45, 7) is 3.46. The monoisotopic (exact) mass is 304 g/mol. The van der Waals surface area contributed by atoms with Gasteiger partial charge in [-0.1, -0.05) is 6.92 Å². The zero-order valence-corrected chi connectivity index (χ0v) is 13.9. The van der Waals surface area contributed by atoms with Crippen molar-refractivity contribution in [1.29, 1.82) is 0 Å². The van der Waals surface area contributed by atoms with Crippen LogP contribution in [-0.2, 0) is 6.42 Å². The minimum absolute atomic E-state index is 0.695. The molecule has 2 nitrogen and oxygen atoms in total. The molecule has 1 heterocycles. The van der Waals surface area contributed by atoms with E-state index < -0.39 is 0 Å². The van der Waals surface area contributed by atoms with E-state index in [2.05, 4.69) is 23.4 Å². The van der Waals surface area contributed by atoms with E-state index in [1.54, 1.807) is 6.42 Å². The molecule has 21 heavy (non-hydrogen) atoms. The Kier molecular flexibility index (Phi) is 4.06. The highest BCUT2D eigenvalue weighted by Crippen LogP contribution is 2.57. The maximum Gasteiger partial charge on any atom is 0.0794 e. The van der Waals surface area contributed by atoms with Crippen LogP contribution in [0, 0.1) is 29.6 Å². The van der Waals surface area contributed by atoms with Crippen molar-refractivity contribution in [3.8, 4) is 0 Å². The van der Waals surface area contributed by atoms with E-state index in [4.69, 9.17) is 0 Å². The molecule has 1 N–H and O–H groups in total. The van der Waals surface area contributed by atoms with Crippen LogP contribution < -0.4 is 5.32 Å². The Labute approximate surface area is 132 Å². The van der Waals surface area contributed by atoms with E-state index >= 15 is 0 Å². The molecule has 0 spiro atoms. The molecule has 4 aliphatic carbocycles. The van der Waals surface area contributed by atoms with Crippen LogP contribution in [0.25, 0.3) is 0 Å². The molecule has 3 heteroatoms. The average Bonchev–Trinajstić information content (AvgIpc) is 2.96. The van der Waals surface area contributed by atoms with Gasteiger partial charge in [0.25, 0.3) is 0 Å². The number of rotatable bonds is 6. The van der Waals surface area contributed by atoms with Gasteiger partial charge in [-0.15, -0.1) is 11.3 Å². The standard InChI is InChI=1S/C18H28N2S/c1-2-3-20-17(9-16-10-19-11-21-16)18-14-5-12-4-13(7-14)8-15(18)6-12/h10-15,17-18,20H,2-9H2,1H3. The lowest BCUT2D eigenvalue weighted by atomic mass is 9.50. The van der Waals surface area contributed by atoms with E-state index in [0.29, 0.717) is 6.04 Å². The second-order valence-corrected chi connectivity index (χ2v) is 8.71. The Morgan fingerprint density at radius 1 is 1.19 bits per heavy atom. The third-order valence-corrected chi connectivity index (χ3v) is 7.13. The van der Waals surface area contributed by atoms with Gasteiger partial charge in [0.1, 0.15) is 0 Å². The first kappa shape index (κ1) is 14.2. The van der Waals surface area contributed by atoms with E-state index in [9.17, 15) is 0 Å². The number of aromatic nitrogens is 1. The van der Waals surface area contributed by atoms with Gasteiger partial charge in [0.2, 0.25) is 0 Å². The minimum atomic E-state index is 0.695. The van der Waals surface area contributed by atoms with Gasteiger partial charge in [0.15, 0.2) is 0 Å². The fourth-order valence-electron chi connectivity index (χ4n) is 5.86. The number of nitrogens with zero attached hydrogens (tertiary/aromatic N) is 1. The Bertz CT molecular complexity index is 428. The van der Waals surface area contributed by atoms with Crippen LogP contribution in [0.5, 0.6) is 0 Å². The molecule has 1 unspecified atom stereocenters. The summed E-state index contributed by atoms with van der Waals surface area (Å²) in [6, 6.07) is 0.695. The predicted octanol–water partition coefficient (Wildman–Crippen LogP) is 4.13. The van der Waals surface area contributed by atoms with Gasteiger partial charge < -0.3 is 5.32 Å². The van der Waals surface area contributed by atoms with Gasteiger partial charge in [-0.05, 0) is 81.1 Å². The van der Waals surface area contributed by atoms with Crippen LogP contribution in [0.3, 0.4) is 0 Å². The highest BCUT2D eigenvalue weighted by Gasteiger charge is 2.50. The van der Waals surface area contributed by atoms with Crippen molar-refractivity contribution in [2.24, 2.45) is 29.6 Å². The summed E-state index contributed by atoms with van der Waals surface area (Å²) < 4.78 is 0. The summed E-state index contributed by atoms with van der Waals surface area (Å²) in [5.74, 6) is 5.14. The van der Waals surface area contributed by atoms with Gasteiger partial charge in [-0.2, -0.15) is 0 Å². The van der Waals surface area contributed by atoms with Crippen LogP contribution in [0.4, 0.5) is 0 Å². The van der Waals surface area contributed by atoms with Crippen LogP contribution in [0.2, 0.25) is 0 Å². The molecule has 0 saturated heterocycles. The third-order valence-electron chi connectivity index (χ3n) is 6.33. The SMILES string of the molecule is CCCNC(Cc1cncs1)C1C2CC3CC(C2)CC1C3. The molecule has 0 aliphatic heterocycles. The first-order valence-corrected chi connectivity index (χ1v) is 9.82. The van der Waals surface area contributed by atoms with Crippen molar-refractivity contribution in [3.63, 3.8) is 0 Å². The number of hydrogen-bond acceptors (Lipinski definition) is 3. The average molecular weight is 305 g/mol. The molecular formula is C18H28N2S. The van der Waals surface area contributed by atoms with Gasteiger partial charge in [0.05, 0.1) is 5.51 Å². The number of thiazole rings is 1. The summed E-state index contributed by atoms with van der Waals surface area (Å²) in [5, 5.41) is 3.91. The predicted molar refractivity (Wildman–Crippen MR) is 88.4 cm³/mol. The van der Waals surface area contributed by atoms with E-state index in [1.807, 2.05) is 16.8 Å². The van der Waals surface area contributed by atoms with Crippen molar-refractivity contribution < 1.29 is 0 Å². The fraction of sp³-hybridized carbons (Fsp3) is 0.833. The van der Waals surface area contributed by atoms with Crippen molar-refractivity contribution in [3.05, 3.63) is 16.6 Å². The Hall–Kier alpha value is -0.410. The molecule has 1 aromatic heterocycles. The highest BCUT2D eigenvalue weighted by molar-refractivity contribution is 7.09. The largest absolute Gasteiger partial charge is 0.313 e. The Morgan fingerprint density at radius 2 is 1.90 bits per heavy atom. The summed E-state index contributed by atoms with van der Waals surface area (Å²) in [6.07, 6.45) is 12.2. The van der Waals surface area contributed by atoms with Gasteiger partial charge >= 0.3 is 0 Å². The van der Waals surface area contributed by atoms with Crippen molar-refractivity contribution >= 4 is 11.3 Å². The molecule has 0 aromatic carbocycles. The van der Waals surface area contributed by atoms with Crippen LogP contribution in [0.1, 0.15) is 50.3 Å². The van der Waals surface area contributed by atoms with Crippen LogP contribution in [0.15, 0.2) is 11.7 Å². The van der Waals surface area contributed by atoms with Gasteiger partial charge in [0, 0.05) is 17.1 Å². The van der Waals surface area contributed by atoms with Crippen molar-refractivity contribution in [2.45, 2.75) is 57.9 Å². The molecule has 4 fully saturated rings. The molecule has 1 atom stereocenters. The van der Waals surface area contributed by atoms with E-state index in [1.165, 1.54) is 49.9 Å². The van der Waals surface area contributed by atoms with Gasteiger partial charge in [-0.25, -0.2) is 0 Å². The summed E-state index contributed by atoms with van der Waals surface area (Å²) in [4.78, 5) is 5.75. The fourth-order valence-corrected chi connectivity index (χ4v) is 6.51. The third kappa shape index (κ3) is 2.79. The zero-order valence-electron chi connectivity index (χ0n) is 13.1. The molecule has 1 aromatic rings. The molecule has 0 amide bonds. The molecule has 4 aliphatic rings. The maximum atomic E-state index is 4.28. The van der Waals surface area contributed by atoms with Crippen LogP contribution in [-0.4, -0.2) is 17.6 Å². The molecule has 116 valence electrons. The highest BCUT2D eigenvalue weighted by atomic mass is 32.1. The van der Waals surface area contributed by atoms with E-state index in [0.717, 1.165) is 29.6 Å². The topological polar surface area (TPSA) is 24.9 Å². The Balaban J connectivity index is 1.52. The second-order valence-electron chi connectivity index (χ2n) is 7.74. The van der Waals surface area contributed by atoms with E-state index in [-0.39, 0.29) is 0 Å². The molecule has 4 bridgehead atoms. The normalized spacial score (nSPS) is 38.8. The molecular weight excluding hydrogens is 276 g/mol.